The average Bonchev–Trinajstić information content (AvgIpc) is 2.97. The summed E-state index contributed by atoms with van der Waals surface area (Å²) in [5, 5.41) is 2.47. The third-order valence-corrected chi connectivity index (χ3v) is 4.04. The first kappa shape index (κ1) is 13.4. The molecule has 0 aliphatic carbocycles. The molecule has 20 heavy (non-hydrogen) atoms. The highest BCUT2D eigenvalue weighted by atomic mass is 35.5. The van der Waals surface area contributed by atoms with Gasteiger partial charge in [0.15, 0.2) is 4.96 Å². The fraction of sp³-hybridized carbons (Fsp3) is 0.0769. The van der Waals surface area contributed by atoms with Crippen LogP contribution in [0.2, 0.25) is 5.02 Å². The van der Waals surface area contributed by atoms with Crippen LogP contribution in [0.5, 0.6) is 5.75 Å². The molecule has 3 aromatic rings. The maximum atomic E-state index is 6.13. The number of ether oxygens (including phenoxy) is 1. The molecular formula is C13H10ClN3OS2. The Bertz CT molecular complexity index is 752. The van der Waals surface area contributed by atoms with E-state index < -0.39 is 0 Å². The highest BCUT2D eigenvalue weighted by molar-refractivity contribution is 7.80. The normalized spacial score (nSPS) is 10.8. The van der Waals surface area contributed by atoms with Gasteiger partial charge in [0.1, 0.15) is 17.3 Å². The fourth-order valence-electron chi connectivity index (χ4n) is 1.77. The topological polar surface area (TPSA) is 52.5 Å². The Kier molecular flexibility index (Phi) is 3.60. The molecule has 4 nitrogen and oxygen atoms in total. The van der Waals surface area contributed by atoms with Gasteiger partial charge >= 0.3 is 0 Å². The monoisotopic (exact) mass is 323 g/mol. The smallest absolute Gasteiger partial charge is 0.193 e. The van der Waals surface area contributed by atoms with Crippen molar-refractivity contribution >= 4 is 45.1 Å². The van der Waals surface area contributed by atoms with Crippen molar-refractivity contribution in [3.63, 3.8) is 0 Å². The zero-order valence-electron chi connectivity index (χ0n) is 10.2. The van der Waals surface area contributed by atoms with E-state index in [-0.39, 0.29) is 0 Å². The van der Waals surface area contributed by atoms with E-state index in [1.807, 2.05) is 22.2 Å². The number of aromatic nitrogens is 2. The summed E-state index contributed by atoms with van der Waals surface area (Å²) in [5.41, 5.74) is 7.12. The lowest BCUT2D eigenvalue weighted by Gasteiger charge is -2.07. The summed E-state index contributed by atoms with van der Waals surface area (Å²) in [5.74, 6) is 0.586. The molecule has 0 spiro atoms. The molecule has 0 unspecified atom stereocenters. The number of hydrogen-bond donors (Lipinski definition) is 1. The van der Waals surface area contributed by atoms with Gasteiger partial charge in [0.25, 0.3) is 0 Å². The van der Waals surface area contributed by atoms with Crippen LogP contribution in [-0.2, 0) is 6.61 Å². The molecule has 7 heteroatoms. The van der Waals surface area contributed by atoms with Crippen LogP contribution in [0.3, 0.4) is 0 Å². The molecule has 0 aliphatic heterocycles. The summed E-state index contributed by atoms with van der Waals surface area (Å²) in [6.45, 7) is 0.362. The van der Waals surface area contributed by atoms with Gasteiger partial charge in [0, 0.05) is 23.3 Å². The van der Waals surface area contributed by atoms with E-state index in [0.29, 0.717) is 22.4 Å². The molecule has 0 atom stereocenters. The van der Waals surface area contributed by atoms with Crippen molar-refractivity contribution in [3.8, 4) is 5.75 Å². The largest absolute Gasteiger partial charge is 0.486 e. The van der Waals surface area contributed by atoms with Crippen LogP contribution in [0.15, 0.2) is 36.0 Å². The second kappa shape index (κ2) is 5.40. The van der Waals surface area contributed by atoms with Crippen molar-refractivity contribution in [2.75, 3.05) is 0 Å². The number of nitrogens with zero attached hydrogens (tertiary/aromatic N) is 2. The summed E-state index contributed by atoms with van der Waals surface area (Å²) in [6.07, 6.45) is 3.89. The van der Waals surface area contributed by atoms with E-state index in [4.69, 9.17) is 34.3 Å². The average molecular weight is 324 g/mol. The Morgan fingerprint density at radius 3 is 3.05 bits per heavy atom. The minimum absolute atomic E-state index is 0.313. The second-order valence-corrected chi connectivity index (χ2v) is 5.84. The Morgan fingerprint density at radius 2 is 2.35 bits per heavy atom. The van der Waals surface area contributed by atoms with Crippen molar-refractivity contribution in [1.82, 2.24) is 9.38 Å². The first-order valence-corrected chi connectivity index (χ1v) is 7.43. The third kappa shape index (κ3) is 2.63. The first-order chi connectivity index (χ1) is 9.63. The quantitative estimate of drug-likeness (QED) is 0.749. The molecule has 0 radical (unpaired) electrons. The number of thiazole rings is 1. The lowest BCUT2D eigenvalue weighted by atomic mass is 10.2. The number of nitrogens with two attached hydrogens (primary N) is 1. The SMILES string of the molecule is NC(=S)c1ccc(OCc2cn3ccsc3n2)c(Cl)c1. The van der Waals surface area contributed by atoms with Gasteiger partial charge < -0.3 is 10.5 Å². The summed E-state index contributed by atoms with van der Waals surface area (Å²) in [6, 6.07) is 5.25. The Balaban J connectivity index is 1.74. The number of fused-ring (bicyclic) bond motifs is 1. The molecule has 102 valence electrons. The van der Waals surface area contributed by atoms with E-state index in [9.17, 15) is 0 Å². The van der Waals surface area contributed by atoms with Gasteiger partial charge in [-0.2, -0.15) is 0 Å². The van der Waals surface area contributed by atoms with E-state index in [1.165, 1.54) is 0 Å². The minimum atomic E-state index is 0.313. The van der Waals surface area contributed by atoms with E-state index in [0.717, 1.165) is 16.2 Å². The predicted octanol–water partition coefficient (Wildman–Crippen LogP) is 3.26. The number of rotatable bonds is 4. The Morgan fingerprint density at radius 1 is 1.50 bits per heavy atom. The van der Waals surface area contributed by atoms with Gasteiger partial charge in [-0.3, -0.25) is 4.40 Å². The van der Waals surface area contributed by atoms with Gasteiger partial charge in [-0.05, 0) is 18.2 Å². The molecule has 3 rings (SSSR count). The molecular weight excluding hydrogens is 314 g/mol. The van der Waals surface area contributed by atoms with Crippen LogP contribution >= 0.6 is 35.2 Å². The van der Waals surface area contributed by atoms with Crippen LogP contribution in [0.25, 0.3) is 4.96 Å². The lowest BCUT2D eigenvalue weighted by Crippen LogP contribution is -2.09. The Hall–Kier alpha value is -1.63. The third-order valence-electron chi connectivity index (χ3n) is 2.74. The molecule has 0 saturated carbocycles. The van der Waals surface area contributed by atoms with E-state index >= 15 is 0 Å². The molecule has 2 N–H and O–H groups in total. The summed E-state index contributed by atoms with van der Waals surface area (Å²) >= 11 is 12.6. The first-order valence-electron chi connectivity index (χ1n) is 5.77. The summed E-state index contributed by atoms with van der Waals surface area (Å²) < 4.78 is 7.63. The molecule has 1 aromatic carbocycles. The molecule has 0 aliphatic rings. The maximum absolute atomic E-state index is 6.13. The standard InChI is InChI=1S/C13H10ClN3OS2/c14-10-5-8(12(15)19)1-2-11(10)18-7-9-6-17-3-4-20-13(17)16-9/h1-6H,7H2,(H2,15,19). The van der Waals surface area contributed by atoms with Gasteiger partial charge in [0.05, 0.1) is 10.7 Å². The fourth-order valence-corrected chi connectivity index (χ4v) is 2.85. The van der Waals surface area contributed by atoms with Crippen molar-refractivity contribution in [3.05, 3.63) is 52.3 Å². The lowest BCUT2D eigenvalue weighted by molar-refractivity contribution is 0.302. The molecule has 2 heterocycles. The zero-order chi connectivity index (χ0) is 14.1. The highest BCUT2D eigenvalue weighted by Gasteiger charge is 2.07. The van der Waals surface area contributed by atoms with Crippen LogP contribution in [-0.4, -0.2) is 14.4 Å². The van der Waals surface area contributed by atoms with Gasteiger partial charge in [-0.25, -0.2) is 4.98 Å². The van der Waals surface area contributed by atoms with Crippen molar-refractivity contribution in [2.45, 2.75) is 6.61 Å². The Labute approximate surface area is 129 Å². The molecule has 0 bridgehead atoms. The van der Waals surface area contributed by atoms with Gasteiger partial charge in [-0.15, -0.1) is 11.3 Å². The maximum Gasteiger partial charge on any atom is 0.193 e. The molecule has 0 saturated heterocycles. The molecule has 0 amide bonds. The van der Waals surface area contributed by atoms with Crippen LogP contribution in [0.4, 0.5) is 0 Å². The van der Waals surface area contributed by atoms with Gasteiger partial charge in [0.2, 0.25) is 0 Å². The van der Waals surface area contributed by atoms with E-state index in [1.54, 1.807) is 29.5 Å². The predicted molar refractivity (Wildman–Crippen MR) is 84.7 cm³/mol. The second-order valence-electron chi connectivity index (χ2n) is 4.12. The number of hydrogen-bond acceptors (Lipinski definition) is 4. The summed E-state index contributed by atoms with van der Waals surface area (Å²) in [7, 11) is 0. The highest BCUT2D eigenvalue weighted by Crippen LogP contribution is 2.26. The van der Waals surface area contributed by atoms with Crippen LogP contribution < -0.4 is 10.5 Å². The number of benzene rings is 1. The van der Waals surface area contributed by atoms with Crippen molar-refractivity contribution in [2.24, 2.45) is 5.73 Å². The van der Waals surface area contributed by atoms with Crippen molar-refractivity contribution < 1.29 is 4.74 Å². The van der Waals surface area contributed by atoms with Crippen LogP contribution in [0.1, 0.15) is 11.3 Å². The molecule has 0 fully saturated rings. The van der Waals surface area contributed by atoms with Crippen LogP contribution in [0, 0.1) is 0 Å². The minimum Gasteiger partial charge on any atom is -0.486 e. The van der Waals surface area contributed by atoms with Crippen molar-refractivity contribution in [1.29, 1.82) is 0 Å². The van der Waals surface area contributed by atoms with Gasteiger partial charge in [-0.1, -0.05) is 23.8 Å². The number of halogens is 1. The zero-order valence-corrected chi connectivity index (χ0v) is 12.6. The molecule has 2 aromatic heterocycles. The number of imidazole rings is 1. The number of thiocarbonyl (C=S) groups is 1. The van der Waals surface area contributed by atoms with E-state index in [2.05, 4.69) is 4.98 Å². The summed E-state index contributed by atoms with van der Waals surface area (Å²) in [4.78, 5) is 5.69.